The van der Waals surface area contributed by atoms with Crippen LogP contribution < -0.4 is 0 Å². The minimum Gasteiger partial charge on any atom is -0.481 e. The van der Waals surface area contributed by atoms with Crippen molar-refractivity contribution in [3.63, 3.8) is 0 Å². The molecule has 13 heteroatoms. The number of rotatable bonds is 0. The predicted octanol–water partition coefficient (Wildman–Crippen LogP) is -0.688. The second kappa shape index (κ2) is 43.2. The fraction of sp³-hybridized carbons (Fsp3) is 0.500. The maximum absolute atomic E-state index is 9.00. The summed E-state index contributed by atoms with van der Waals surface area (Å²) in [4.78, 5) is 45.0. The van der Waals surface area contributed by atoms with E-state index in [0.717, 1.165) is 34.6 Å². The van der Waals surface area contributed by atoms with Gasteiger partial charge in [-0.25, -0.2) is 0 Å². The zero-order valence-electron chi connectivity index (χ0n) is 14.8. The second-order valence-electron chi connectivity index (χ2n) is 2.60. The molecule has 123 valence electrons. The molecule has 0 atom stereocenters. The van der Waals surface area contributed by atoms with E-state index in [0.29, 0.717) is 0 Å². The molecule has 0 heterocycles. The molecule has 0 aromatic carbocycles. The van der Waals surface area contributed by atoms with E-state index in [1.807, 2.05) is 0 Å². The Hall–Kier alpha value is 0.350. The monoisotopic (exact) mass is 369 g/mol. The number of hydrogen-bond acceptors (Lipinski definition) is 5. The van der Waals surface area contributed by atoms with E-state index >= 15 is 0 Å². The molecule has 0 rings (SSSR count). The molecule has 23 heavy (non-hydrogen) atoms. The fourth-order valence-corrected chi connectivity index (χ4v) is 0. The largest absolute Gasteiger partial charge is 0.481 e. The third-order valence-corrected chi connectivity index (χ3v) is 0. The van der Waals surface area contributed by atoms with E-state index in [2.05, 4.69) is 0 Å². The van der Waals surface area contributed by atoms with Gasteiger partial charge in [0.1, 0.15) is 0 Å². The first-order valence-electron chi connectivity index (χ1n) is 4.64. The zero-order chi connectivity index (χ0) is 17.9. The van der Waals surface area contributed by atoms with E-state index in [1.165, 1.54) is 0 Å². The van der Waals surface area contributed by atoms with Crippen molar-refractivity contribution in [1.29, 1.82) is 0 Å². The predicted molar refractivity (Wildman–Crippen MR) is 83.8 cm³/mol. The van der Waals surface area contributed by atoms with Crippen molar-refractivity contribution >= 4 is 119 Å². The summed E-state index contributed by atoms with van der Waals surface area (Å²) in [5.74, 6) is -4.17. The summed E-state index contributed by atoms with van der Waals surface area (Å²) in [6.07, 6.45) is 0. The molecule has 0 saturated carbocycles. The fourth-order valence-electron chi connectivity index (χ4n) is 0. The Bertz CT molecular complexity index is 218. The summed E-state index contributed by atoms with van der Waals surface area (Å²) in [6, 6.07) is 0. The Kier molecular flexibility index (Phi) is 93.1. The van der Waals surface area contributed by atoms with Gasteiger partial charge >= 0.3 is 0 Å². The van der Waals surface area contributed by atoms with Gasteiger partial charge in [-0.1, -0.05) is 0 Å². The maximum Gasteiger partial charge on any atom is 0.300 e. The van der Waals surface area contributed by atoms with Crippen LogP contribution in [0.4, 0.5) is 0 Å². The molecule has 0 aromatic heterocycles. The first kappa shape index (κ1) is 49.5. The molecule has 0 spiro atoms. The van der Waals surface area contributed by atoms with Crippen molar-refractivity contribution in [2.24, 2.45) is 0 Å². The second-order valence-corrected chi connectivity index (χ2v) is 2.60. The van der Waals surface area contributed by atoms with Crippen LogP contribution in [-0.2, 0) is 24.0 Å². The first-order valence-corrected chi connectivity index (χ1v) is 4.64. The molecular formula is C10H20Na3O10. The van der Waals surface area contributed by atoms with Crippen LogP contribution in [0.2, 0.25) is 0 Å². The zero-order valence-corrected chi connectivity index (χ0v) is 20.8. The molecular weight excluding hydrogens is 349 g/mol. The Morgan fingerprint density at radius 3 is 0.391 bits per heavy atom. The number of hydrogen-bond donors (Lipinski definition) is 5. The van der Waals surface area contributed by atoms with E-state index in [4.69, 9.17) is 49.5 Å². The molecule has 0 aromatic rings. The summed E-state index contributed by atoms with van der Waals surface area (Å²) in [5, 5.41) is 37.1. The Morgan fingerprint density at radius 1 is 0.391 bits per heavy atom. The third-order valence-electron chi connectivity index (χ3n) is 0. The molecule has 0 fully saturated rings. The SMILES string of the molecule is CC(=O)O.CC(=O)O.CC(=O)O.CC(=O)O.CC(=O)O.[Na].[Na].[Na]. The maximum atomic E-state index is 9.00. The molecule has 0 amide bonds. The van der Waals surface area contributed by atoms with Gasteiger partial charge < -0.3 is 25.5 Å². The van der Waals surface area contributed by atoms with E-state index in [-0.39, 0.29) is 88.7 Å². The van der Waals surface area contributed by atoms with Crippen LogP contribution in [0.3, 0.4) is 0 Å². The number of carboxylic acid groups (broad SMARTS) is 5. The van der Waals surface area contributed by atoms with Crippen molar-refractivity contribution in [3.05, 3.63) is 0 Å². The topological polar surface area (TPSA) is 186 Å². The summed E-state index contributed by atoms with van der Waals surface area (Å²) in [5.41, 5.74) is 0. The average molecular weight is 369 g/mol. The Morgan fingerprint density at radius 2 is 0.391 bits per heavy atom. The number of carbonyl (C=O) groups is 5. The molecule has 0 aliphatic rings. The first-order chi connectivity index (χ1) is 8.66. The van der Waals surface area contributed by atoms with Gasteiger partial charge in [0.05, 0.1) is 0 Å². The van der Waals surface area contributed by atoms with Crippen LogP contribution in [0.15, 0.2) is 0 Å². The summed E-state index contributed by atoms with van der Waals surface area (Å²) < 4.78 is 0. The molecule has 3 radical (unpaired) electrons. The summed E-state index contributed by atoms with van der Waals surface area (Å²) >= 11 is 0. The molecule has 0 bridgehead atoms. The van der Waals surface area contributed by atoms with Crippen LogP contribution >= 0.6 is 0 Å². The summed E-state index contributed by atoms with van der Waals surface area (Å²) in [6.45, 7) is 5.42. The quantitative estimate of drug-likeness (QED) is 0.342. The van der Waals surface area contributed by atoms with Crippen molar-refractivity contribution in [2.45, 2.75) is 34.6 Å². The number of aliphatic carboxylic acids is 5. The standard InChI is InChI=1S/5C2H4O2.3Na/c5*1-2(3)4;;;/h5*1H3,(H,3,4);;;. The number of carboxylic acids is 5. The third kappa shape index (κ3) is 75600. The van der Waals surface area contributed by atoms with Gasteiger partial charge in [0.2, 0.25) is 0 Å². The van der Waals surface area contributed by atoms with Crippen molar-refractivity contribution in [2.75, 3.05) is 0 Å². The van der Waals surface area contributed by atoms with E-state index < -0.39 is 29.8 Å². The van der Waals surface area contributed by atoms with Crippen molar-refractivity contribution in [1.82, 2.24) is 0 Å². The molecule has 10 nitrogen and oxygen atoms in total. The van der Waals surface area contributed by atoms with Gasteiger partial charge in [-0.2, -0.15) is 0 Å². The van der Waals surface area contributed by atoms with Crippen LogP contribution in [0.25, 0.3) is 0 Å². The van der Waals surface area contributed by atoms with Crippen molar-refractivity contribution in [3.8, 4) is 0 Å². The normalized spacial score (nSPS) is 5.43. The molecule has 0 saturated heterocycles. The van der Waals surface area contributed by atoms with E-state index in [9.17, 15) is 0 Å². The minimum atomic E-state index is -0.833. The Balaban J connectivity index is -0.0000000197. The average Bonchev–Trinajstić information content (AvgIpc) is 1.94. The van der Waals surface area contributed by atoms with Crippen LogP contribution in [0, 0.1) is 0 Å². The molecule has 0 aliphatic carbocycles. The Labute approximate surface area is 200 Å². The smallest absolute Gasteiger partial charge is 0.300 e. The van der Waals surface area contributed by atoms with E-state index in [1.54, 1.807) is 0 Å². The van der Waals surface area contributed by atoms with Gasteiger partial charge in [-0.05, 0) is 0 Å². The molecule has 0 aliphatic heterocycles. The van der Waals surface area contributed by atoms with Gasteiger partial charge in [0, 0.05) is 123 Å². The summed E-state index contributed by atoms with van der Waals surface area (Å²) in [7, 11) is 0. The van der Waals surface area contributed by atoms with Crippen LogP contribution in [0.1, 0.15) is 34.6 Å². The van der Waals surface area contributed by atoms with Gasteiger partial charge in [0.15, 0.2) is 0 Å². The van der Waals surface area contributed by atoms with Gasteiger partial charge in [-0.3, -0.25) is 24.0 Å². The van der Waals surface area contributed by atoms with Gasteiger partial charge in [0.25, 0.3) is 29.8 Å². The minimum absolute atomic E-state index is 0. The van der Waals surface area contributed by atoms with Crippen LogP contribution in [0.5, 0.6) is 0 Å². The van der Waals surface area contributed by atoms with Crippen molar-refractivity contribution < 1.29 is 49.5 Å². The van der Waals surface area contributed by atoms with Gasteiger partial charge in [-0.15, -0.1) is 0 Å². The van der Waals surface area contributed by atoms with Crippen LogP contribution in [-0.4, -0.2) is 144 Å². The molecule has 5 N–H and O–H groups in total. The molecule has 0 unspecified atom stereocenters.